The van der Waals surface area contributed by atoms with Gasteiger partial charge in [0.15, 0.2) is 6.10 Å². The number of hydrogen-bond acceptors (Lipinski definition) is 4. The highest BCUT2D eigenvalue weighted by atomic mass is 19.1. The van der Waals surface area contributed by atoms with Gasteiger partial charge in [0, 0.05) is 6.54 Å². The van der Waals surface area contributed by atoms with Crippen molar-refractivity contribution in [1.82, 2.24) is 5.32 Å². The summed E-state index contributed by atoms with van der Waals surface area (Å²) >= 11 is 0. The molecular formula is C19H21FN2O3. The molecule has 2 aromatic carbocycles. The Morgan fingerprint density at radius 2 is 1.92 bits per heavy atom. The summed E-state index contributed by atoms with van der Waals surface area (Å²) in [4.78, 5) is 12.3. The van der Waals surface area contributed by atoms with Crippen molar-refractivity contribution in [3.05, 3.63) is 53.3 Å². The van der Waals surface area contributed by atoms with Gasteiger partial charge < -0.3 is 20.1 Å². The average Bonchev–Trinajstić information content (AvgIpc) is 2.64. The number of carbonyl (C=O) groups excluding carboxylic acids is 1. The molecule has 0 aliphatic carbocycles. The molecule has 3 rings (SSSR count). The molecule has 1 atom stereocenters. The highest BCUT2D eigenvalue weighted by Crippen LogP contribution is 2.25. The van der Waals surface area contributed by atoms with Crippen molar-refractivity contribution in [1.29, 1.82) is 0 Å². The predicted molar refractivity (Wildman–Crippen MR) is 93.5 cm³/mol. The van der Waals surface area contributed by atoms with Gasteiger partial charge in [0.1, 0.15) is 17.3 Å². The normalized spacial score (nSPS) is 14.4. The molecule has 5 nitrogen and oxygen atoms in total. The van der Waals surface area contributed by atoms with Crippen LogP contribution in [0.25, 0.3) is 0 Å². The summed E-state index contributed by atoms with van der Waals surface area (Å²) in [5, 5.41) is 5.82. The average molecular weight is 344 g/mol. The summed E-state index contributed by atoms with van der Waals surface area (Å²) < 4.78 is 25.3. The maximum atomic E-state index is 14.6. The lowest BCUT2D eigenvalue weighted by molar-refractivity contribution is -0.122. The van der Waals surface area contributed by atoms with Crippen LogP contribution in [0.15, 0.2) is 36.4 Å². The zero-order valence-corrected chi connectivity index (χ0v) is 14.3. The quantitative estimate of drug-likeness (QED) is 0.876. The Hall–Kier alpha value is -2.60. The molecule has 0 radical (unpaired) electrons. The number of methoxy groups -OCH3 is 1. The Bertz CT molecular complexity index is 762. The smallest absolute Gasteiger partial charge is 0.265 e. The zero-order valence-electron chi connectivity index (χ0n) is 14.3. The lowest BCUT2D eigenvalue weighted by atomic mass is 9.99. The number of hydrogen-bond donors (Lipinski definition) is 2. The number of anilines is 1. The van der Waals surface area contributed by atoms with E-state index in [1.807, 2.05) is 6.07 Å². The molecule has 0 saturated heterocycles. The van der Waals surface area contributed by atoms with Crippen molar-refractivity contribution in [2.24, 2.45) is 0 Å². The molecule has 1 unspecified atom stereocenters. The Balaban J connectivity index is 1.66. The molecule has 0 aromatic heterocycles. The van der Waals surface area contributed by atoms with E-state index in [4.69, 9.17) is 9.47 Å². The molecular weight excluding hydrogens is 323 g/mol. The van der Waals surface area contributed by atoms with Crippen molar-refractivity contribution in [2.75, 3.05) is 19.0 Å². The number of rotatable bonds is 5. The third-order valence-corrected chi connectivity index (χ3v) is 4.21. The fourth-order valence-corrected chi connectivity index (χ4v) is 2.78. The van der Waals surface area contributed by atoms with E-state index in [-0.39, 0.29) is 11.5 Å². The molecule has 2 N–H and O–H groups in total. The van der Waals surface area contributed by atoms with E-state index in [0.29, 0.717) is 30.0 Å². The van der Waals surface area contributed by atoms with Crippen LogP contribution in [0.5, 0.6) is 11.5 Å². The minimum atomic E-state index is -0.759. The molecule has 0 fully saturated rings. The lowest BCUT2D eigenvalue weighted by Gasteiger charge is -2.20. The van der Waals surface area contributed by atoms with Crippen molar-refractivity contribution < 1.29 is 18.7 Å². The maximum absolute atomic E-state index is 14.6. The number of fused-ring (bicyclic) bond motifs is 1. The van der Waals surface area contributed by atoms with E-state index >= 15 is 0 Å². The fourth-order valence-electron chi connectivity index (χ4n) is 2.78. The number of halogens is 1. The SMILES string of the molecule is COc1ccc(OC(C)C(=O)Nc2ccc3c(c2F)CCNC3)cc1. The van der Waals surface area contributed by atoms with Crippen molar-refractivity contribution in [3.8, 4) is 11.5 Å². The maximum Gasteiger partial charge on any atom is 0.265 e. The van der Waals surface area contributed by atoms with Gasteiger partial charge in [-0.1, -0.05) is 6.07 Å². The molecule has 6 heteroatoms. The summed E-state index contributed by atoms with van der Waals surface area (Å²) in [5.41, 5.74) is 1.79. The van der Waals surface area contributed by atoms with Crippen LogP contribution in [-0.2, 0) is 17.8 Å². The number of carbonyl (C=O) groups is 1. The second-order valence-corrected chi connectivity index (χ2v) is 5.92. The molecule has 25 heavy (non-hydrogen) atoms. The largest absolute Gasteiger partial charge is 0.497 e. The van der Waals surface area contributed by atoms with Crippen molar-refractivity contribution in [3.63, 3.8) is 0 Å². The number of nitrogens with one attached hydrogen (secondary N) is 2. The van der Waals surface area contributed by atoms with Crippen LogP contribution in [0.2, 0.25) is 0 Å². The second-order valence-electron chi connectivity index (χ2n) is 5.92. The van der Waals surface area contributed by atoms with Crippen LogP contribution in [0.1, 0.15) is 18.1 Å². The van der Waals surface area contributed by atoms with Crippen LogP contribution in [0, 0.1) is 5.82 Å². The second kappa shape index (κ2) is 7.53. The Labute approximate surface area is 146 Å². The number of benzene rings is 2. The molecule has 1 aliphatic heterocycles. The van der Waals surface area contributed by atoms with E-state index in [2.05, 4.69) is 10.6 Å². The van der Waals surface area contributed by atoms with E-state index in [9.17, 15) is 9.18 Å². The topological polar surface area (TPSA) is 59.6 Å². The summed E-state index contributed by atoms with van der Waals surface area (Å²) in [6.45, 7) is 3.01. The van der Waals surface area contributed by atoms with Crippen LogP contribution in [0.4, 0.5) is 10.1 Å². The molecule has 0 spiro atoms. The lowest BCUT2D eigenvalue weighted by Crippen LogP contribution is -2.31. The highest BCUT2D eigenvalue weighted by molar-refractivity contribution is 5.94. The minimum absolute atomic E-state index is 0.191. The van der Waals surface area contributed by atoms with Crippen molar-refractivity contribution in [2.45, 2.75) is 26.0 Å². The predicted octanol–water partition coefficient (Wildman–Crippen LogP) is 2.89. The molecule has 1 amide bonds. The fraction of sp³-hybridized carbons (Fsp3) is 0.316. The summed E-state index contributed by atoms with van der Waals surface area (Å²) in [6, 6.07) is 10.4. The van der Waals surface area contributed by atoms with E-state index in [0.717, 1.165) is 12.1 Å². The molecule has 2 aromatic rings. The Morgan fingerprint density at radius 1 is 1.20 bits per heavy atom. The first-order valence-corrected chi connectivity index (χ1v) is 8.21. The monoisotopic (exact) mass is 344 g/mol. The molecule has 0 saturated carbocycles. The summed E-state index contributed by atoms with van der Waals surface area (Å²) in [5.74, 6) is 0.489. The first kappa shape index (κ1) is 17.2. The van der Waals surface area contributed by atoms with Gasteiger partial charge in [0.2, 0.25) is 0 Å². The Kier molecular flexibility index (Phi) is 5.19. The van der Waals surface area contributed by atoms with Gasteiger partial charge in [-0.2, -0.15) is 0 Å². The summed E-state index contributed by atoms with van der Waals surface area (Å²) in [7, 11) is 1.58. The molecule has 132 valence electrons. The van der Waals surface area contributed by atoms with Crippen LogP contribution in [0.3, 0.4) is 0 Å². The zero-order chi connectivity index (χ0) is 17.8. The van der Waals surface area contributed by atoms with Gasteiger partial charge in [-0.05, 0) is 61.3 Å². The van der Waals surface area contributed by atoms with E-state index in [1.54, 1.807) is 44.4 Å². The highest BCUT2D eigenvalue weighted by Gasteiger charge is 2.20. The summed E-state index contributed by atoms with van der Waals surface area (Å²) in [6.07, 6.45) is -0.145. The van der Waals surface area contributed by atoms with Gasteiger partial charge in [0.25, 0.3) is 5.91 Å². The first-order chi connectivity index (χ1) is 12.1. The van der Waals surface area contributed by atoms with E-state index in [1.165, 1.54) is 0 Å². The van der Waals surface area contributed by atoms with Crippen LogP contribution in [-0.4, -0.2) is 25.7 Å². The standard InChI is InChI=1S/C19H21FN2O3/c1-12(25-15-6-4-14(24-2)5-7-15)19(23)22-17-8-3-13-11-21-10-9-16(13)18(17)20/h3-8,12,21H,9-11H2,1-2H3,(H,22,23). The van der Waals surface area contributed by atoms with Gasteiger partial charge in [-0.3, -0.25) is 4.79 Å². The molecule has 0 bridgehead atoms. The van der Waals surface area contributed by atoms with E-state index < -0.39 is 12.0 Å². The van der Waals surface area contributed by atoms with Crippen LogP contribution >= 0.6 is 0 Å². The molecule has 1 aliphatic rings. The van der Waals surface area contributed by atoms with Gasteiger partial charge in [-0.15, -0.1) is 0 Å². The van der Waals surface area contributed by atoms with Crippen LogP contribution < -0.4 is 20.1 Å². The third kappa shape index (κ3) is 3.91. The van der Waals surface area contributed by atoms with Crippen molar-refractivity contribution >= 4 is 11.6 Å². The van der Waals surface area contributed by atoms with Gasteiger partial charge >= 0.3 is 0 Å². The van der Waals surface area contributed by atoms with Gasteiger partial charge in [0.05, 0.1) is 12.8 Å². The first-order valence-electron chi connectivity index (χ1n) is 8.21. The number of amides is 1. The minimum Gasteiger partial charge on any atom is -0.497 e. The van der Waals surface area contributed by atoms with Gasteiger partial charge in [-0.25, -0.2) is 4.39 Å². The number of ether oxygens (including phenoxy) is 2. The molecule has 1 heterocycles. The Morgan fingerprint density at radius 3 is 2.64 bits per heavy atom. The third-order valence-electron chi connectivity index (χ3n) is 4.21.